The Morgan fingerprint density at radius 1 is 1.23 bits per heavy atom. The van der Waals surface area contributed by atoms with Crippen molar-refractivity contribution in [3.63, 3.8) is 0 Å². The van der Waals surface area contributed by atoms with Gasteiger partial charge >= 0.3 is 0 Å². The topological polar surface area (TPSA) is 4.93 Å². The molecular formula is C11H13NS. The molecule has 1 nitrogen and oxygen atoms in total. The minimum absolute atomic E-state index is 1.01. The second kappa shape index (κ2) is 3.38. The highest BCUT2D eigenvalue weighted by Crippen LogP contribution is 2.13. The van der Waals surface area contributed by atoms with Crippen molar-refractivity contribution < 1.29 is 0 Å². The molecule has 0 aliphatic heterocycles. The zero-order chi connectivity index (χ0) is 9.26. The van der Waals surface area contributed by atoms with Crippen LogP contribution in [0.4, 0.5) is 0 Å². The fourth-order valence-corrected chi connectivity index (χ4v) is 2.12. The van der Waals surface area contributed by atoms with Crippen LogP contribution in [0, 0.1) is 13.8 Å². The molecule has 0 fully saturated rings. The van der Waals surface area contributed by atoms with E-state index in [0.717, 1.165) is 6.54 Å². The van der Waals surface area contributed by atoms with E-state index < -0.39 is 0 Å². The standard InChI is InChI=1S/C11H13NS/c1-9-6-12(7-10(9)2)8-11-4-3-5-13-11/h3-7H,8H2,1-2H3. The molecule has 0 aliphatic rings. The first kappa shape index (κ1) is 8.57. The molecule has 2 heterocycles. The Labute approximate surface area is 82.6 Å². The molecule has 2 heteroatoms. The Morgan fingerprint density at radius 3 is 2.46 bits per heavy atom. The van der Waals surface area contributed by atoms with E-state index in [0.29, 0.717) is 0 Å². The predicted octanol–water partition coefficient (Wildman–Crippen LogP) is 3.21. The van der Waals surface area contributed by atoms with E-state index >= 15 is 0 Å². The van der Waals surface area contributed by atoms with Crippen molar-refractivity contribution in [1.29, 1.82) is 0 Å². The fourth-order valence-electron chi connectivity index (χ4n) is 1.41. The smallest absolute Gasteiger partial charge is 0.0563 e. The first-order valence-corrected chi connectivity index (χ1v) is 5.29. The van der Waals surface area contributed by atoms with Crippen molar-refractivity contribution in [2.75, 3.05) is 0 Å². The van der Waals surface area contributed by atoms with Crippen LogP contribution in [0.1, 0.15) is 16.0 Å². The summed E-state index contributed by atoms with van der Waals surface area (Å²) in [6, 6.07) is 4.28. The fraction of sp³-hybridized carbons (Fsp3) is 0.273. The van der Waals surface area contributed by atoms with Gasteiger partial charge in [0.25, 0.3) is 0 Å². The van der Waals surface area contributed by atoms with Gasteiger partial charge in [0, 0.05) is 17.3 Å². The third-order valence-electron chi connectivity index (χ3n) is 2.26. The summed E-state index contributed by atoms with van der Waals surface area (Å²) in [6.07, 6.45) is 4.41. The number of hydrogen-bond donors (Lipinski definition) is 0. The van der Waals surface area contributed by atoms with E-state index in [4.69, 9.17) is 0 Å². The van der Waals surface area contributed by atoms with Crippen molar-refractivity contribution in [2.24, 2.45) is 0 Å². The zero-order valence-electron chi connectivity index (χ0n) is 7.95. The van der Waals surface area contributed by atoms with Gasteiger partial charge in [0.05, 0.1) is 6.54 Å². The summed E-state index contributed by atoms with van der Waals surface area (Å²) in [4.78, 5) is 1.41. The summed E-state index contributed by atoms with van der Waals surface area (Å²) in [5.74, 6) is 0. The van der Waals surface area contributed by atoms with Gasteiger partial charge in [-0.05, 0) is 36.4 Å². The van der Waals surface area contributed by atoms with E-state index in [1.165, 1.54) is 16.0 Å². The Morgan fingerprint density at radius 2 is 1.92 bits per heavy atom. The summed E-state index contributed by atoms with van der Waals surface area (Å²) in [5.41, 5.74) is 2.74. The number of nitrogens with zero attached hydrogens (tertiary/aromatic N) is 1. The van der Waals surface area contributed by atoms with Crippen LogP contribution in [-0.4, -0.2) is 4.57 Å². The molecule has 0 spiro atoms. The SMILES string of the molecule is Cc1cn(Cc2cccs2)cc1C. The quantitative estimate of drug-likeness (QED) is 0.687. The minimum Gasteiger partial charge on any atom is -0.349 e. The van der Waals surface area contributed by atoms with Crippen molar-refractivity contribution in [3.05, 3.63) is 45.9 Å². The van der Waals surface area contributed by atoms with Crippen LogP contribution in [0.15, 0.2) is 29.9 Å². The maximum Gasteiger partial charge on any atom is 0.0563 e. The van der Waals surface area contributed by atoms with Crippen LogP contribution in [0.25, 0.3) is 0 Å². The van der Waals surface area contributed by atoms with Gasteiger partial charge in [0.2, 0.25) is 0 Å². The van der Waals surface area contributed by atoms with E-state index in [2.05, 4.69) is 48.3 Å². The first-order valence-electron chi connectivity index (χ1n) is 4.41. The minimum atomic E-state index is 1.01. The molecule has 0 N–H and O–H groups in total. The van der Waals surface area contributed by atoms with Crippen LogP contribution >= 0.6 is 11.3 Å². The monoisotopic (exact) mass is 191 g/mol. The number of rotatable bonds is 2. The van der Waals surface area contributed by atoms with E-state index in [9.17, 15) is 0 Å². The van der Waals surface area contributed by atoms with Gasteiger partial charge in [-0.2, -0.15) is 0 Å². The molecule has 2 rings (SSSR count). The van der Waals surface area contributed by atoms with E-state index in [1.807, 2.05) is 11.3 Å². The average molecular weight is 191 g/mol. The van der Waals surface area contributed by atoms with Gasteiger partial charge in [0.1, 0.15) is 0 Å². The molecule has 2 aromatic heterocycles. The lowest BCUT2D eigenvalue weighted by molar-refractivity contribution is 0.816. The third-order valence-corrected chi connectivity index (χ3v) is 3.12. The Kier molecular flexibility index (Phi) is 2.23. The molecule has 0 saturated heterocycles. The van der Waals surface area contributed by atoms with E-state index in [-0.39, 0.29) is 0 Å². The summed E-state index contributed by atoms with van der Waals surface area (Å²) < 4.78 is 2.25. The van der Waals surface area contributed by atoms with Gasteiger partial charge in [-0.25, -0.2) is 0 Å². The largest absolute Gasteiger partial charge is 0.349 e. The molecule has 0 bridgehead atoms. The van der Waals surface area contributed by atoms with Crippen molar-refractivity contribution >= 4 is 11.3 Å². The lowest BCUT2D eigenvalue weighted by Gasteiger charge is -1.98. The van der Waals surface area contributed by atoms with Crippen LogP contribution in [0.2, 0.25) is 0 Å². The molecule has 0 atom stereocenters. The van der Waals surface area contributed by atoms with Crippen molar-refractivity contribution in [1.82, 2.24) is 4.57 Å². The molecule has 0 saturated carbocycles. The highest BCUT2D eigenvalue weighted by atomic mass is 32.1. The predicted molar refractivity (Wildman–Crippen MR) is 57.3 cm³/mol. The second-order valence-corrected chi connectivity index (χ2v) is 4.41. The second-order valence-electron chi connectivity index (χ2n) is 3.38. The first-order chi connectivity index (χ1) is 6.25. The molecular weight excluding hydrogens is 178 g/mol. The third kappa shape index (κ3) is 1.83. The van der Waals surface area contributed by atoms with Crippen LogP contribution in [0.3, 0.4) is 0 Å². The van der Waals surface area contributed by atoms with Gasteiger partial charge in [-0.15, -0.1) is 11.3 Å². The molecule has 0 unspecified atom stereocenters. The number of thiophene rings is 1. The molecule has 0 amide bonds. The van der Waals surface area contributed by atoms with Crippen LogP contribution < -0.4 is 0 Å². The maximum atomic E-state index is 2.25. The highest BCUT2D eigenvalue weighted by Gasteiger charge is 1.99. The molecule has 0 aromatic carbocycles. The van der Waals surface area contributed by atoms with Gasteiger partial charge in [-0.1, -0.05) is 6.07 Å². The van der Waals surface area contributed by atoms with Gasteiger partial charge in [-0.3, -0.25) is 0 Å². The normalized spacial score (nSPS) is 10.6. The summed E-state index contributed by atoms with van der Waals surface area (Å²) in [7, 11) is 0. The molecule has 2 aromatic rings. The summed E-state index contributed by atoms with van der Waals surface area (Å²) >= 11 is 1.81. The molecule has 68 valence electrons. The van der Waals surface area contributed by atoms with Crippen LogP contribution in [0.5, 0.6) is 0 Å². The molecule has 0 aliphatic carbocycles. The number of hydrogen-bond acceptors (Lipinski definition) is 1. The van der Waals surface area contributed by atoms with Crippen molar-refractivity contribution in [2.45, 2.75) is 20.4 Å². The van der Waals surface area contributed by atoms with Crippen molar-refractivity contribution in [3.8, 4) is 0 Å². The Hall–Kier alpha value is -1.02. The summed E-state index contributed by atoms with van der Waals surface area (Å²) in [5, 5.41) is 2.12. The summed E-state index contributed by atoms with van der Waals surface area (Å²) in [6.45, 7) is 5.31. The highest BCUT2D eigenvalue weighted by molar-refractivity contribution is 7.09. The zero-order valence-corrected chi connectivity index (χ0v) is 8.77. The lowest BCUT2D eigenvalue weighted by Crippen LogP contribution is -1.92. The van der Waals surface area contributed by atoms with Gasteiger partial charge < -0.3 is 4.57 Å². The number of aryl methyl sites for hydroxylation is 2. The average Bonchev–Trinajstić information content (AvgIpc) is 2.64. The lowest BCUT2D eigenvalue weighted by atomic mass is 10.2. The Balaban J connectivity index is 2.19. The van der Waals surface area contributed by atoms with Gasteiger partial charge in [0.15, 0.2) is 0 Å². The molecule has 0 radical (unpaired) electrons. The van der Waals surface area contributed by atoms with Crippen LogP contribution in [-0.2, 0) is 6.54 Å². The van der Waals surface area contributed by atoms with E-state index in [1.54, 1.807) is 0 Å². The number of aromatic nitrogens is 1. The Bertz CT molecular complexity index is 365. The maximum absolute atomic E-state index is 2.25. The molecule has 13 heavy (non-hydrogen) atoms.